The number of rotatable bonds is 4. The largest absolute Gasteiger partial charge is 0.465 e. The van der Waals surface area contributed by atoms with Gasteiger partial charge in [-0.2, -0.15) is 5.26 Å². The third-order valence-corrected chi connectivity index (χ3v) is 4.00. The number of hydrogen-bond donors (Lipinski definition) is 0. The number of carbonyl (C=O) groups excluding carboxylic acids is 1. The van der Waals surface area contributed by atoms with Crippen molar-refractivity contribution in [2.75, 3.05) is 44.2 Å². The molecule has 0 aromatic heterocycles. The molecule has 0 spiro atoms. The molecule has 1 heterocycles. The van der Waals surface area contributed by atoms with Crippen LogP contribution in [-0.2, 0) is 9.53 Å². The molecule has 0 atom stereocenters. The molecule has 118 valence electrons. The van der Waals surface area contributed by atoms with Gasteiger partial charge in [0, 0.05) is 31.9 Å². The van der Waals surface area contributed by atoms with Gasteiger partial charge in [0.25, 0.3) is 0 Å². The van der Waals surface area contributed by atoms with Crippen molar-refractivity contribution in [1.82, 2.24) is 4.90 Å². The number of hydrogen-bond acceptors (Lipinski definition) is 5. The lowest BCUT2D eigenvalue weighted by atomic mass is 10.2. The van der Waals surface area contributed by atoms with Crippen molar-refractivity contribution in [3.8, 4) is 6.07 Å². The number of benzene rings is 1. The number of carbonyl (C=O) groups is 1. The molecule has 1 fully saturated rings. The Morgan fingerprint density at radius 2 is 2.18 bits per heavy atom. The zero-order valence-corrected chi connectivity index (χ0v) is 13.5. The molecule has 0 aliphatic carbocycles. The van der Waals surface area contributed by atoms with Gasteiger partial charge < -0.3 is 9.64 Å². The van der Waals surface area contributed by atoms with Crippen molar-refractivity contribution in [3.63, 3.8) is 0 Å². The molecular formula is C16H20ClN3O2. The molecule has 1 aromatic rings. The molecule has 0 radical (unpaired) electrons. The van der Waals surface area contributed by atoms with Gasteiger partial charge in [-0.15, -0.1) is 0 Å². The fourth-order valence-electron chi connectivity index (χ4n) is 2.57. The van der Waals surface area contributed by atoms with E-state index >= 15 is 0 Å². The van der Waals surface area contributed by atoms with Crippen molar-refractivity contribution >= 4 is 23.3 Å². The van der Waals surface area contributed by atoms with Crippen molar-refractivity contribution in [1.29, 1.82) is 5.26 Å². The summed E-state index contributed by atoms with van der Waals surface area (Å²) in [5.74, 6) is -0.169. The van der Waals surface area contributed by atoms with Crippen LogP contribution < -0.4 is 4.90 Å². The van der Waals surface area contributed by atoms with Gasteiger partial charge in [-0.1, -0.05) is 11.6 Å². The van der Waals surface area contributed by atoms with Gasteiger partial charge in [-0.3, -0.25) is 9.69 Å². The molecule has 1 aromatic carbocycles. The Morgan fingerprint density at radius 1 is 1.36 bits per heavy atom. The van der Waals surface area contributed by atoms with Gasteiger partial charge in [0.15, 0.2) is 0 Å². The lowest BCUT2D eigenvalue weighted by Crippen LogP contribution is -2.35. The average Bonchev–Trinajstić information content (AvgIpc) is 2.73. The number of halogens is 1. The molecule has 5 nitrogen and oxygen atoms in total. The van der Waals surface area contributed by atoms with Crippen LogP contribution >= 0.6 is 11.6 Å². The molecule has 22 heavy (non-hydrogen) atoms. The van der Waals surface area contributed by atoms with Crippen LogP contribution in [0.1, 0.15) is 18.9 Å². The summed E-state index contributed by atoms with van der Waals surface area (Å²) in [6.07, 6.45) is 0.969. The first kappa shape index (κ1) is 16.6. The fraction of sp³-hybridized carbons (Fsp3) is 0.500. The van der Waals surface area contributed by atoms with Crippen LogP contribution in [0.5, 0.6) is 0 Å². The SMILES string of the molecule is CCOC(=O)CN1CCCN(c2ccc(C#N)c(Cl)c2)CC1. The number of esters is 1. The second-order valence-electron chi connectivity index (χ2n) is 5.20. The molecule has 0 unspecified atom stereocenters. The molecule has 0 bridgehead atoms. The van der Waals surface area contributed by atoms with Gasteiger partial charge in [0.05, 0.1) is 23.7 Å². The minimum atomic E-state index is -0.169. The first-order valence-corrected chi connectivity index (χ1v) is 7.84. The first-order valence-electron chi connectivity index (χ1n) is 7.46. The lowest BCUT2D eigenvalue weighted by molar-refractivity contribution is -0.144. The second kappa shape index (κ2) is 8.02. The third kappa shape index (κ3) is 4.36. The van der Waals surface area contributed by atoms with E-state index in [1.54, 1.807) is 6.07 Å². The van der Waals surface area contributed by atoms with Crippen molar-refractivity contribution in [3.05, 3.63) is 28.8 Å². The summed E-state index contributed by atoms with van der Waals surface area (Å²) < 4.78 is 5.00. The summed E-state index contributed by atoms with van der Waals surface area (Å²) in [7, 11) is 0. The van der Waals surface area contributed by atoms with Crippen LogP contribution in [0, 0.1) is 11.3 Å². The number of nitriles is 1. The van der Waals surface area contributed by atoms with E-state index < -0.39 is 0 Å². The monoisotopic (exact) mass is 321 g/mol. The molecule has 2 rings (SSSR count). The molecule has 1 aliphatic rings. The zero-order chi connectivity index (χ0) is 15.9. The third-order valence-electron chi connectivity index (χ3n) is 3.68. The van der Waals surface area contributed by atoms with Crippen LogP contribution in [0.3, 0.4) is 0 Å². The Bertz CT molecular complexity index is 571. The highest BCUT2D eigenvalue weighted by Crippen LogP contribution is 2.24. The summed E-state index contributed by atoms with van der Waals surface area (Å²) in [4.78, 5) is 15.9. The molecule has 0 saturated carbocycles. The van der Waals surface area contributed by atoms with Crippen LogP contribution in [0.2, 0.25) is 5.02 Å². The van der Waals surface area contributed by atoms with E-state index in [0.717, 1.165) is 38.3 Å². The highest BCUT2D eigenvalue weighted by molar-refractivity contribution is 6.32. The standard InChI is InChI=1S/C16H20ClN3O2/c1-2-22-16(21)12-19-6-3-7-20(9-8-19)14-5-4-13(11-18)15(17)10-14/h4-5,10H,2-3,6-9,12H2,1H3. The molecule has 6 heteroatoms. The maximum Gasteiger partial charge on any atom is 0.320 e. The Labute approximate surface area is 136 Å². The van der Waals surface area contributed by atoms with E-state index in [2.05, 4.69) is 15.9 Å². The minimum absolute atomic E-state index is 0.169. The molecule has 0 amide bonds. The van der Waals surface area contributed by atoms with Crippen LogP contribution in [0.25, 0.3) is 0 Å². The first-order chi connectivity index (χ1) is 10.6. The zero-order valence-electron chi connectivity index (χ0n) is 12.7. The van der Waals surface area contributed by atoms with Crippen molar-refractivity contribution in [2.45, 2.75) is 13.3 Å². The number of nitrogens with zero attached hydrogens (tertiary/aromatic N) is 3. The van der Waals surface area contributed by atoms with Gasteiger partial charge in [0.1, 0.15) is 6.07 Å². The maximum atomic E-state index is 11.6. The van der Waals surface area contributed by atoms with Gasteiger partial charge in [-0.25, -0.2) is 0 Å². The second-order valence-corrected chi connectivity index (χ2v) is 5.60. The van der Waals surface area contributed by atoms with E-state index in [-0.39, 0.29) is 5.97 Å². The maximum absolute atomic E-state index is 11.6. The lowest BCUT2D eigenvalue weighted by Gasteiger charge is -2.23. The molecular weight excluding hydrogens is 302 g/mol. The summed E-state index contributed by atoms with van der Waals surface area (Å²) >= 11 is 6.10. The Balaban J connectivity index is 1.97. The van der Waals surface area contributed by atoms with E-state index in [9.17, 15) is 4.79 Å². The van der Waals surface area contributed by atoms with E-state index in [4.69, 9.17) is 21.6 Å². The van der Waals surface area contributed by atoms with E-state index in [0.29, 0.717) is 23.7 Å². The number of ether oxygens (including phenoxy) is 1. The van der Waals surface area contributed by atoms with Gasteiger partial charge in [-0.05, 0) is 31.5 Å². The quantitative estimate of drug-likeness (QED) is 0.796. The summed E-state index contributed by atoms with van der Waals surface area (Å²) in [5.41, 5.74) is 1.51. The Morgan fingerprint density at radius 3 is 2.86 bits per heavy atom. The summed E-state index contributed by atoms with van der Waals surface area (Å²) in [6.45, 7) is 5.98. The smallest absolute Gasteiger partial charge is 0.320 e. The Hall–Kier alpha value is -1.77. The Kier molecular flexibility index (Phi) is 6.05. The predicted molar refractivity (Wildman–Crippen MR) is 86.1 cm³/mol. The predicted octanol–water partition coefficient (Wildman–Crippen LogP) is 2.29. The van der Waals surface area contributed by atoms with E-state index in [1.807, 2.05) is 19.1 Å². The molecule has 0 N–H and O–H groups in total. The summed E-state index contributed by atoms with van der Waals surface area (Å²) in [6, 6.07) is 7.57. The van der Waals surface area contributed by atoms with Crippen LogP contribution in [0.15, 0.2) is 18.2 Å². The van der Waals surface area contributed by atoms with Crippen LogP contribution in [0.4, 0.5) is 5.69 Å². The highest BCUT2D eigenvalue weighted by Gasteiger charge is 2.18. The van der Waals surface area contributed by atoms with Crippen molar-refractivity contribution < 1.29 is 9.53 Å². The topological polar surface area (TPSA) is 56.6 Å². The highest BCUT2D eigenvalue weighted by atomic mass is 35.5. The van der Waals surface area contributed by atoms with Gasteiger partial charge in [0.2, 0.25) is 0 Å². The average molecular weight is 322 g/mol. The summed E-state index contributed by atoms with van der Waals surface area (Å²) in [5, 5.41) is 9.41. The normalized spacial score (nSPS) is 16.0. The van der Waals surface area contributed by atoms with Crippen LogP contribution in [-0.4, -0.2) is 50.2 Å². The van der Waals surface area contributed by atoms with E-state index in [1.165, 1.54) is 0 Å². The molecule has 1 saturated heterocycles. The number of anilines is 1. The fourth-order valence-corrected chi connectivity index (χ4v) is 2.78. The minimum Gasteiger partial charge on any atom is -0.465 e. The van der Waals surface area contributed by atoms with Crippen molar-refractivity contribution in [2.24, 2.45) is 0 Å². The molecule has 1 aliphatic heterocycles. The van der Waals surface area contributed by atoms with Gasteiger partial charge >= 0.3 is 5.97 Å².